The molecule has 1 N–H and O–H groups in total. The van der Waals surface area contributed by atoms with Crippen molar-refractivity contribution >= 4 is 11.3 Å². The van der Waals surface area contributed by atoms with E-state index in [9.17, 15) is 0 Å². The first kappa shape index (κ1) is 11.7. The minimum absolute atomic E-state index is 0.496. The van der Waals surface area contributed by atoms with Crippen LogP contribution in [0.5, 0.6) is 0 Å². The van der Waals surface area contributed by atoms with Gasteiger partial charge in [0.25, 0.3) is 0 Å². The fourth-order valence-electron chi connectivity index (χ4n) is 1.71. The van der Waals surface area contributed by atoms with Crippen molar-refractivity contribution in [3.63, 3.8) is 0 Å². The molecule has 0 fully saturated rings. The molecule has 0 bridgehead atoms. The van der Waals surface area contributed by atoms with Gasteiger partial charge in [-0.1, -0.05) is 13.3 Å². The van der Waals surface area contributed by atoms with Crippen LogP contribution in [-0.2, 0) is 0 Å². The van der Waals surface area contributed by atoms with E-state index < -0.39 is 0 Å². The maximum absolute atomic E-state index is 3.62. The Labute approximate surface area is 91.5 Å². The Hall–Kier alpha value is -0.340. The SMILES string of the molecule is CCCC(C)NC(C)c1ccc(C)s1. The van der Waals surface area contributed by atoms with E-state index in [0.29, 0.717) is 12.1 Å². The van der Waals surface area contributed by atoms with Crippen LogP contribution in [-0.4, -0.2) is 6.04 Å². The molecule has 1 aromatic rings. The van der Waals surface area contributed by atoms with Crippen LogP contribution in [0.2, 0.25) is 0 Å². The Morgan fingerprint density at radius 3 is 2.57 bits per heavy atom. The topological polar surface area (TPSA) is 12.0 Å². The zero-order chi connectivity index (χ0) is 10.6. The summed E-state index contributed by atoms with van der Waals surface area (Å²) in [5.41, 5.74) is 0. The Morgan fingerprint density at radius 1 is 1.36 bits per heavy atom. The summed E-state index contributed by atoms with van der Waals surface area (Å²) >= 11 is 1.89. The first-order valence-corrected chi connectivity index (χ1v) is 6.27. The summed E-state index contributed by atoms with van der Waals surface area (Å²) in [5, 5.41) is 3.62. The van der Waals surface area contributed by atoms with Crippen LogP contribution in [0.1, 0.15) is 49.4 Å². The normalized spacial score (nSPS) is 15.4. The highest BCUT2D eigenvalue weighted by atomic mass is 32.1. The summed E-state index contributed by atoms with van der Waals surface area (Å²) < 4.78 is 0. The molecule has 0 aromatic carbocycles. The molecular weight excluding hydrogens is 190 g/mol. The standard InChI is InChI=1S/C12H21NS/c1-5-6-9(2)13-11(4)12-8-7-10(3)14-12/h7-9,11,13H,5-6H2,1-4H3. The molecule has 0 radical (unpaired) electrons. The molecule has 1 nitrogen and oxygen atoms in total. The molecular formula is C12H21NS. The highest BCUT2D eigenvalue weighted by molar-refractivity contribution is 7.12. The zero-order valence-electron chi connectivity index (χ0n) is 9.63. The summed E-state index contributed by atoms with van der Waals surface area (Å²) in [5.74, 6) is 0. The molecule has 0 aliphatic carbocycles. The van der Waals surface area contributed by atoms with E-state index in [2.05, 4.69) is 45.1 Å². The van der Waals surface area contributed by atoms with Crippen LogP contribution >= 0.6 is 11.3 Å². The summed E-state index contributed by atoms with van der Waals surface area (Å²) in [6, 6.07) is 5.55. The van der Waals surface area contributed by atoms with E-state index >= 15 is 0 Å². The molecule has 2 heteroatoms. The van der Waals surface area contributed by atoms with Gasteiger partial charge in [-0.05, 0) is 39.3 Å². The van der Waals surface area contributed by atoms with Crippen LogP contribution in [0.4, 0.5) is 0 Å². The number of rotatable bonds is 5. The number of hydrogen-bond acceptors (Lipinski definition) is 2. The van der Waals surface area contributed by atoms with Gasteiger partial charge in [0.05, 0.1) is 0 Å². The first-order chi connectivity index (χ1) is 6.63. The Bertz CT molecular complexity index is 267. The Kier molecular flexibility index (Phi) is 4.63. The minimum atomic E-state index is 0.496. The van der Waals surface area contributed by atoms with Gasteiger partial charge >= 0.3 is 0 Å². The second kappa shape index (κ2) is 5.52. The van der Waals surface area contributed by atoms with Crippen LogP contribution in [0, 0.1) is 6.92 Å². The second-order valence-electron chi connectivity index (χ2n) is 4.03. The predicted molar refractivity (Wildman–Crippen MR) is 65.0 cm³/mol. The molecule has 0 spiro atoms. The maximum atomic E-state index is 3.62. The lowest BCUT2D eigenvalue weighted by molar-refractivity contribution is 0.456. The molecule has 14 heavy (non-hydrogen) atoms. The quantitative estimate of drug-likeness (QED) is 0.779. The van der Waals surface area contributed by atoms with Crippen molar-refractivity contribution in [3.05, 3.63) is 21.9 Å². The molecule has 0 saturated heterocycles. The maximum Gasteiger partial charge on any atom is 0.0388 e. The second-order valence-corrected chi connectivity index (χ2v) is 5.35. The average molecular weight is 211 g/mol. The molecule has 2 atom stereocenters. The van der Waals surface area contributed by atoms with E-state index in [1.54, 1.807) is 0 Å². The van der Waals surface area contributed by atoms with Gasteiger partial charge in [-0.25, -0.2) is 0 Å². The summed E-state index contributed by atoms with van der Waals surface area (Å²) in [6.07, 6.45) is 2.51. The fraction of sp³-hybridized carbons (Fsp3) is 0.667. The van der Waals surface area contributed by atoms with Gasteiger partial charge < -0.3 is 5.32 Å². The van der Waals surface area contributed by atoms with E-state index in [0.717, 1.165) is 0 Å². The van der Waals surface area contributed by atoms with E-state index in [-0.39, 0.29) is 0 Å². The van der Waals surface area contributed by atoms with Crippen LogP contribution in [0.15, 0.2) is 12.1 Å². The number of aryl methyl sites for hydroxylation is 1. The molecule has 0 aliphatic rings. The largest absolute Gasteiger partial charge is 0.307 e. The molecule has 0 amide bonds. The van der Waals surface area contributed by atoms with Crippen LogP contribution < -0.4 is 5.32 Å². The lowest BCUT2D eigenvalue weighted by Gasteiger charge is -2.18. The molecule has 1 rings (SSSR count). The van der Waals surface area contributed by atoms with Gasteiger partial charge in [-0.2, -0.15) is 0 Å². The van der Waals surface area contributed by atoms with Crippen LogP contribution in [0.25, 0.3) is 0 Å². The molecule has 1 heterocycles. The third-order valence-corrected chi connectivity index (χ3v) is 3.63. The predicted octanol–water partition coefficient (Wildman–Crippen LogP) is 3.90. The number of hydrogen-bond donors (Lipinski definition) is 1. The highest BCUT2D eigenvalue weighted by Crippen LogP contribution is 2.22. The molecule has 0 aliphatic heterocycles. The molecule has 0 saturated carbocycles. The molecule has 1 aromatic heterocycles. The van der Waals surface area contributed by atoms with Gasteiger partial charge in [-0.3, -0.25) is 0 Å². The van der Waals surface area contributed by atoms with Crippen molar-refractivity contribution in [2.75, 3.05) is 0 Å². The molecule has 2 unspecified atom stereocenters. The third kappa shape index (κ3) is 3.43. The van der Waals surface area contributed by atoms with Gasteiger partial charge in [0, 0.05) is 21.8 Å². The van der Waals surface area contributed by atoms with Crippen molar-refractivity contribution in [2.24, 2.45) is 0 Å². The summed E-state index contributed by atoms with van der Waals surface area (Å²) in [4.78, 5) is 2.85. The molecule has 80 valence electrons. The smallest absolute Gasteiger partial charge is 0.0388 e. The van der Waals surface area contributed by atoms with Crippen molar-refractivity contribution in [2.45, 2.75) is 52.6 Å². The third-order valence-electron chi connectivity index (χ3n) is 2.44. The fourth-order valence-corrected chi connectivity index (χ4v) is 2.60. The van der Waals surface area contributed by atoms with E-state index in [4.69, 9.17) is 0 Å². The van der Waals surface area contributed by atoms with Gasteiger partial charge in [-0.15, -0.1) is 11.3 Å². The lowest BCUT2D eigenvalue weighted by Crippen LogP contribution is -2.28. The monoisotopic (exact) mass is 211 g/mol. The van der Waals surface area contributed by atoms with Crippen molar-refractivity contribution in [3.8, 4) is 0 Å². The van der Waals surface area contributed by atoms with Crippen molar-refractivity contribution in [1.29, 1.82) is 0 Å². The van der Waals surface area contributed by atoms with Crippen LogP contribution in [0.3, 0.4) is 0 Å². The van der Waals surface area contributed by atoms with Gasteiger partial charge in [0.2, 0.25) is 0 Å². The number of thiophene rings is 1. The minimum Gasteiger partial charge on any atom is -0.307 e. The first-order valence-electron chi connectivity index (χ1n) is 5.46. The van der Waals surface area contributed by atoms with Crippen molar-refractivity contribution in [1.82, 2.24) is 5.32 Å². The highest BCUT2D eigenvalue weighted by Gasteiger charge is 2.09. The van der Waals surface area contributed by atoms with Crippen molar-refractivity contribution < 1.29 is 0 Å². The Morgan fingerprint density at radius 2 is 2.07 bits per heavy atom. The summed E-state index contributed by atoms with van der Waals surface area (Å²) in [7, 11) is 0. The van der Waals surface area contributed by atoms with E-state index in [1.807, 2.05) is 11.3 Å². The lowest BCUT2D eigenvalue weighted by atomic mass is 10.1. The zero-order valence-corrected chi connectivity index (χ0v) is 10.4. The van der Waals surface area contributed by atoms with E-state index in [1.165, 1.54) is 22.6 Å². The Balaban J connectivity index is 2.45. The summed E-state index contributed by atoms with van der Waals surface area (Å²) in [6.45, 7) is 8.91. The average Bonchev–Trinajstić information content (AvgIpc) is 2.52. The van der Waals surface area contributed by atoms with Gasteiger partial charge in [0.15, 0.2) is 0 Å². The van der Waals surface area contributed by atoms with Gasteiger partial charge in [0.1, 0.15) is 0 Å². The number of nitrogens with one attached hydrogen (secondary N) is 1.